The molecule has 0 unspecified atom stereocenters. The number of nitrogens with zero attached hydrogens (tertiary/aromatic N) is 8. The van der Waals surface area contributed by atoms with Crippen molar-refractivity contribution in [1.29, 1.82) is 0 Å². The molecule has 42 heavy (non-hydrogen) atoms. The number of hydrogen-bond donors (Lipinski definition) is 2. The predicted molar refractivity (Wildman–Crippen MR) is 162 cm³/mol. The summed E-state index contributed by atoms with van der Waals surface area (Å²) in [5.41, 5.74) is -0.509. The molecule has 0 spiro atoms. The standard InChI is InChI=1S/C28H40N10O4/c1-16-8-6-10-35(12-16)25-29-21-19(23(39)31-27(41)33(21)4)37(25)14-18(3)15-38-20-22(34(5)28(42)32-24(20)40)30-26(38)36-11-7-9-17(2)13-36/h16-18H,6-15H2,1-5H3,(H,31,39,41)(H,32,40,42)/t16-,17-/m0/s1. The molecule has 0 amide bonds. The van der Waals surface area contributed by atoms with Crippen LogP contribution in [0, 0.1) is 17.8 Å². The van der Waals surface area contributed by atoms with Gasteiger partial charge in [-0.15, -0.1) is 0 Å². The Labute approximate surface area is 241 Å². The second-order valence-electron chi connectivity index (χ2n) is 12.5. The van der Waals surface area contributed by atoms with Crippen molar-refractivity contribution < 1.29 is 0 Å². The number of hydrogen-bond acceptors (Lipinski definition) is 8. The molecule has 0 bridgehead atoms. The molecule has 2 aliphatic heterocycles. The molecule has 14 nitrogen and oxygen atoms in total. The Hall–Kier alpha value is -4.10. The number of anilines is 2. The number of imidazole rings is 2. The van der Waals surface area contributed by atoms with Crippen molar-refractivity contribution in [2.45, 2.75) is 59.5 Å². The van der Waals surface area contributed by atoms with Gasteiger partial charge >= 0.3 is 11.4 Å². The smallest absolute Gasteiger partial charge is 0.329 e. The fraction of sp³-hybridized carbons (Fsp3) is 0.643. The average molecular weight is 581 g/mol. The second kappa shape index (κ2) is 10.6. The summed E-state index contributed by atoms with van der Waals surface area (Å²) in [5, 5.41) is 0. The van der Waals surface area contributed by atoms with Crippen LogP contribution in [-0.2, 0) is 27.2 Å². The Bertz CT molecular complexity index is 1750. The molecule has 14 heteroatoms. The third kappa shape index (κ3) is 4.75. The fourth-order valence-electron chi connectivity index (χ4n) is 6.70. The highest BCUT2D eigenvalue weighted by atomic mass is 16.2. The largest absolute Gasteiger partial charge is 0.342 e. The third-order valence-corrected chi connectivity index (χ3v) is 8.84. The molecule has 2 N–H and O–H groups in total. The van der Waals surface area contributed by atoms with E-state index >= 15 is 0 Å². The first-order chi connectivity index (χ1) is 20.0. The van der Waals surface area contributed by atoms with Crippen molar-refractivity contribution in [2.75, 3.05) is 36.0 Å². The Morgan fingerprint density at radius 2 is 1.14 bits per heavy atom. The maximum atomic E-state index is 13.2. The molecule has 0 aromatic carbocycles. The van der Waals surface area contributed by atoms with E-state index in [1.165, 1.54) is 9.13 Å². The minimum atomic E-state index is -0.501. The van der Waals surface area contributed by atoms with Gasteiger partial charge < -0.3 is 18.9 Å². The van der Waals surface area contributed by atoms with Gasteiger partial charge in [-0.05, 0) is 43.4 Å². The maximum Gasteiger partial charge on any atom is 0.329 e. The molecule has 2 fully saturated rings. The molecule has 0 saturated carbocycles. The molecule has 4 aromatic heterocycles. The third-order valence-electron chi connectivity index (χ3n) is 8.84. The fourth-order valence-corrected chi connectivity index (χ4v) is 6.70. The Morgan fingerprint density at radius 3 is 1.52 bits per heavy atom. The number of fused-ring (bicyclic) bond motifs is 2. The van der Waals surface area contributed by atoms with Crippen LogP contribution in [0.3, 0.4) is 0 Å². The Morgan fingerprint density at radius 1 is 0.738 bits per heavy atom. The van der Waals surface area contributed by atoms with E-state index < -0.39 is 22.5 Å². The van der Waals surface area contributed by atoms with Gasteiger partial charge in [-0.2, -0.15) is 9.97 Å². The van der Waals surface area contributed by atoms with Gasteiger partial charge in [0.2, 0.25) is 11.9 Å². The number of nitrogens with one attached hydrogen (secondary N) is 2. The van der Waals surface area contributed by atoms with Gasteiger partial charge in [-0.25, -0.2) is 9.59 Å². The summed E-state index contributed by atoms with van der Waals surface area (Å²) in [7, 11) is 3.23. The number of aryl methyl sites for hydroxylation is 2. The van der Waals surface area contributed by atoms with E-state index in [4.69, 9.17) is 9.97 Å². The zero-order chi connectivity index (χ0) is 29.9. The lowest BCUT2D eigenvalue weighted by molar-refractivity contribution is 0.402. The molecule has 2 saturated heterocycles. The summed E-state index contributed by atoms with van der Waals surface area (Å²) in [6.07, 6.45) is 4.31. The summed E-state index contributed by atoms with van der Waals surface area (Å²) in [4.78, 5) is 70.1. The summed E-state index contributed by atoms with van der Waals surface area (Å²) >= 11 is 0. The van der Waals surface area contributed by atoms with Crippen molar-refractivity contribution in [3.63, 3.8) is 0 Å². The van der Waals surface area contributed by atoms with E-state index in [-0.39, 0.29) is 5.92 Å². The monoisotopic (exact) mass is 580 g/mol. The molecule has 2 atom stereocenters. The number of aromatic amines is 2. The van der Waals surface area contributed by atoms with Gasteiger partial charge in [-0.3, -0.25) is 28.7 Å². The van der Waals surface area contributed by atoms with Crippen LogP contribution >= 0.6 is 0 Å². The predicted octanol–water partition coefficient (Wildman–Crippen LogP) is 0.969. The summed E-state index contributed by atoms with van der Waals surface area (Å²) < 4.78 is 6.62. The van der Waals surface area contributed by atoms with E-state index in [0.29, 0.717) is 59.1 Å². The second-order valence-corrected chi connectivity index (χ2v) is 12.5. The van der Waals surface area contributed by atoms with Crippen LogP contribution in [-0.4, -0.2) is 64.4 Å². The number of rotatable bonds is 6. The van der Waals surface area contributed by atoms with Crippen LogP contribution < -0.4 is 32.3 Å². The van der Waals surface area contributed by atoms with Crippen molar-refractivity contribution in [2.24, 2.45) is 31.8 Å². The van der Waals surface area contributed by atoms with E-state index in [1.807, 2.05) is 9.13 Å². The zero-order valence-electron chi connectivity index (χ0n) is 25.0. The molecule has 226 valence electrons. The van der Waals surface area contributed by atoms with Gasteiger partial charge in [0, 0.05) is 53.4 Å². The normalized spacial score (nSPS) is 20.0. The van der Waals surface area contributed by atoms with E-state index in [1.54, 1.807) is 14.1 Å². The minimum Gasteiger partial charge on any atom is -0.342 e. The Balaban J connectivity index is 1.45. The van der Waals surface area contributed by atoms with Crippen molar-refractivity contribution in [3.8, 4) is 0 Å². The van der Waals surface area contributed by atoms with Crippen LogP contribution in [0.15, 0.2) is 19.2 Å². The Kier molecular flexibility index (Phi) is 7.09. The van der Waals surface area contributed by atoms with Gasteiger partial charge in [0.15, 0.2) is 22.3 Å². The van der Waals surface area contributed by atoms with Gasteiger partial charge in [0.1, 0.15) is 0 Å². The SMILES string of the molecule is CC(Cn1c(N2CCC[C@H](C)C2)nc2c1c(=O)[nH]c(=O)n2C)Cn1c(N2CCC[C@H](C)C2)nc2c1c(=O)[nH]c(=O)n2C. The topological polar surface area (TPSA) is 152 Å². The minimum absolute atomic E-state index is 0.0741. The average Bonchev–Trinajstić information content (AvgIpc) is 3.50. The van der Waals surface area contributed by atoms with Gasteiger partial charge in [0.05, 0.1) is 0 Å². The van der Waals surface area contributed by atoms with Crippen LogP contribution in [0.25, 0.3) is 22.3 Å². The van der Waals surface area contributed by atoms with Crippen LogP contribution in [0.5, 0.6) is 0 Å². The van der Waals surface area contributed by atoms with Crippen molar-refractivity contribution in [3.05, 3.63) is 41.7 Å². The first-order valence-electron chi connectivity index (χ1n) is 14.9. The van der Waals surface area contributed by atoms with E-state index in [2.05, 4.69) is 40.5 Å². The lowest BCUT2D eigenvalue weighted by Crippen LogP contribution is -2.37. The summed E-state index contributed by atoms with van der Waals surface area (Å²) in [6, 6.07) is 0. The lowest BCUT2D eigenvalue weighted by Gasteiger charge is -2.33. The zero-order valence-corrected chi connectivity index (χ0v) is 25.0. The lowest BCUT2D eigenvalue weighted by atomic mass is 10.0. The molecule has 6 rings (SSSR count). The summed E-state index contributed by atoms with van der Waals surface area (Å²) in [6.45, 7) is 10.6. The highest BCUT2D eigenvalue weighted by molar-refractivity contribution is 5.75. The van der Waals surface area contributed by atoms with Crippen LogP contribution in [0.1, 0.15) is 46.5 Å². The molecular formula is C28H40N10O4. The van der Waals surface area contributed by atoms with Crippen molar-refractivity contribution in [1.82, 2.24) is 38.2 Å². The number of piperidine rings is 2. The number of H-pyrrole nitrogens is 2. The molecule has 2 aliphatic rings. The molecule has 0 aliphatic carbocycles. The first kappa shape index (κ1) is 28.0. The summed E-state index contributed by atoms with van der Waals surface area (Å²) in [5.74, 6) is 2.25. The molecular weight excluding hydrogens is 540 g/mol. The first-order valence-corrected chi connectivity index (χ1v) is 14.9. The quantitative estimate of drug-likeness (QED) is 0.342. The van der Waals surface area contributed by atoms with Crippen molar-refractivity contribution >= 4 is 34.2 Å². The van der Waals surface area contributed by atoms with E-state index in [0.717, 1.165) is 51.9 Å². The molecule has 4 aromatic rings. The van der Waals surface area contributed by atoms with Crippen LogP contribution in [0.2, 0.25) is 0 Å². The molecule has 0 radical (unpaired) electrons. The molecule has 6 heterocycles. The van der Waals surface area contributed by atoms with Crippen LogP contribution in [0.4, 0.5) is 11.9 Å². The highest BCUT2D eigenvalue weighted by Crippen LogP contribution is 2.29. The van der Waals surface area contributed by atoms with E-state index in [9.17, 15) is 19.2 Å². The maximum absolute atomic E-state index is 13.2. The number of aromatic nitrogens is 8. The highest BCUT2D eigenvalue weighted by Gasteiger charge is 2.28. The van der Waals surface area contributed by atoms with Gasteiger partial charge in [-0.1, -0.05) is 20.8 Å². The van der Waals surface area contributed by atoms with Gasteiger partial charge in [0.25, 0.3) is 11.1 Å².